The number of hydrogen-bond acceptors (Lipinski definition) is 3. The van der Waals surface area contributed by atoms with E-state index < -0.39 is 11.7 Å². The predicted molar refractivity (Wildman–Crippen MR) is 103 cm³/mol. The summed E-state index contributed by atoms with van der Waals surface area (Å²) in [7, 11) is 0. The van der Waals surface area contributed by atoms with Crippen molar-refractivity contribution < 1.29 is 22.6 Å². The molecule has 1 aliphatic rings. The van der Waals surface area contributed by atoms with Gasteiger partial charge in [0.1, 0.15) is 17.2 Å². The molecule has 0 amide bonds. The van der Waals surface area contributed by atoms with Gasteiger partial charge in [-0.3, -0.25) is 4.90 Å². The molecule has 0 atom stereocenters. The van der Waals surface area contributed by atoms with Crippen molar-refractivity contribution in [1.29, 1.82) is 0 Å². The zero-order valence-corrected chi connectivity index (χ0v) is 15.6. The van der Waals surface area contributed by atoms with Crippen LogP contribution < -0.4 is 9.47 Å². The molecule has 3 rings (SSSR count). The number of benzene rings is 2. The normalized spacial score (nSPS) is 14.8. The maximum absolute atomic E-state index is 12.6. The predicted octanol–water partition coefficient (Wildman–Crippen LogP) is 5.92. The lowest BCUT2D eigenvalue weighted by Crippen LogP contribution is -2.28. The van der Waals surface area contributed by atoms with Crippen LogP contribution in [0.5, 0.6) is 17.2 Å². The molecule has 2 aromatic rings. The van der Waals surface area contributed by atoms with Gasteiger partial charge in [-0.2, -0.15) is 13.2 Å². The average Bonchev–Trinajstić information content (AvgIpc) is 2.69. The third kappa shape index (κ3) is 6.30. The van der Waals surface area contributed by atoms with Crippen LogP contribution in [-0.4, -0.2) is 31.1 Å². The number of ether oxygens (including phenoxy) is 2. The van der Waals surface area contributed by atoms with Crippen molar-refractivity contribution >= 4 is 0 Å². The van der Waals surface area contributed by atoms with Gasteiger partial charge in [-0.1, -0.05) is 18.2 Å². The standard InChI is InChI=1S/C22H24F3NO2/c23-22(24,25)18-9-11-19(12-10-18)28-21-8-6-7-20(17-21)27-16-5-4-15-26-13-2-1-3-14-26/h1-2,6-12,17H,3-5,13-16H2. The molecule has 0 saturated heterocycles. The highest BCUT2D eigenvalue weighted by molar-refractivity contribution is 5.37. The van der Waals surface area contributed by atoms with Gasteiger partial charge in [0.2, 0.25) is 0 Å². The fraction of sp³-hybridized carbons (Fsp3) is 0.364. The Kier molecular flexibility index (Phi) is 6.98. The summed E-state index contributed by atoms with van der Waals surface area (Å²) in [6, 6.07) is 11.8. The minimum Gasteiger partial charge on any atom is -0.493 e. The number of hydrogen-bond donors (Lipinski definition) is 0. The van der Waals surface area contributed by atoms with Gasteiger partial charge in [0.25, 0.3) is 0 Å². The first-order valence-electron chi connectivity index (χ1n) is 9.46. The van der Waals surface area contributed by atoms with E-state index in [1.54, 1.807) is 18.2 Å². The van der Waals surface area contributed by atoms with E-state index in [1.165, 1.54) is 12.1 Å². The molecule has 0 unspecified atom stereocenters. The van der Waals surface area contributed by atoms with E-state index in [4.69, 9.17) is 9.47 Å². The number of unbranched alkanes of at least 4 members (excludes halogenated alkanes) is 1. The molecule has 0 saturated carbocycles. The average molecular weight is 391 g/mol. The molecule has 0 N–H and O–H groups in total. The molecule has 1 aliphatic heterocycles. The number of alkyl halides is 3. The first-order valence-corrected chi connectivity index (χ1v) is 9.46. The molecule has 3 nitrogen and oxygen atoms in total. The Morgan fingerprint density at radius 1 is 0.893 bits per heavy atom. The van der Waals surface area contributed by atoms with E-state index in [0.29, 0.717) is 23.9 Å². The fourth-order valence-electron chi connectivity index (χ4n) is 3.00. The van der Waals surface area contributed by atoms with Crippen LogP contribution in [0.3, 0.4) is 0 Å². The molecule has 28 heavy (non-hydrogen) atoms. The van der Waals surface area contributed by atoms with Gasteiger partial charge in [-0.05, 0) is 62.2 Å². The third-order valence-electron chi connectivity index (χ3n) is 4.50. The van der Waals surface area contributed by atoms with Crippen molar-refractivity contribution in [1.82, 2.24) is 4.90 Å². The van der Waals surface area contributed by atoms with E-state index in [2.05, 4.69) is 17.1 Å². The third-order valence-corrected chi connectivity index (χ3v) is 4.50. The zero-order chi connectivity index (χ0) is 19.8. The summed E-state index contributed by atoms with van der Waals surface area (Å²) < 4.78 is 49.3. The van der Waals surface area contributed by atoms with Gasteiger partial charge < -0.3 is 9.47 Å². The van der Waals surface area contributed by atoms with E-state index >= 15 is 0 Å². The minimum absolute atomic E-state index is 0.348. The Labute approximate surface area is 163 Å². The number of halogens is 3. The Hall–Kier alpha value is -2.47. The van der Waals surface area contributed by atoms with Gasteiger partial charge in [0.05, 0.1) is 12.2 Å². The van der Waals surface area contributed by atoms with Crippen molar-refractivity contribution in [2.24, 2.45) is 0 Å². The Balaban J connectivity index is 1.44. The van der Waals surface area contributed by atoms with Crippen LogP contribution >= 0.6 is 0 Å². The van der Waals surface area contributed by atoms with Gasteiger partial charge in [0.15, 0.2) is 0 Å². The quantitative estimate of drug-likeness (QED) is 0.412. The number of rotatable bonds is 8. The molecule has 2 aromatic carbocycles. The summed E-state index contributed by atoms with van der Waals surface area (Å²) in [5.74, 6) is 1.56. The van der Waals surface area contributed by atoms with Crippen LogP contribution in [0.25, 0.3) is 0 Å². The highest BCUT2D eigenvalue weighted by Gasteiger charge is 2.30. The Bertz CT molecular complexity index is 772. The molecular weight excluding hydrogens is 367 g/mol. The fourth-order valence-corrected chi connectivity index (χ4v) is 3.00. The summed E-state index contributed by atoms with van der Waals surface area (Å²) in [6.07, 6.45) is 3.25. The van der Waals surface area contributed by atoms with Crippen LogP contribution in [0.1, 0.15) is 24.8 Å². The van der Waals surface area contributed by atoms with Crippen LogP contribution in [-0.2, 0) is 6.18 Å². The first-order chi connectivity index (χ1) is 13.5. The van der Waals surface area contributed by atoms with E-state index in [-0.39, 0.29) is 0 Å². The molecule has 0 fully saturated rings. The molecule has 0 spiro atoms. The second kappa shape index (κ2) is 9.64. The van der Waals surface area contributed by atoms with Crippen LogP contribution in [0.2, 0.25) is 0 Å². The molecule has 150 valence electrons. The summed E-state index contributed by atoms with van der Waals surface area (Å²) in [5.41, 5.74) is -0.697. The minimum atomic E-state index is -4.35. The monoisotopic (exact) mass is 391 g/mol. The molecular formula is C22H24F3NO2. The molecule has 0 aliphatic carbocycles. The maximum atomic E-state index is 12.6. The van der Waals surface area contributed by atoms with E-state index in [1.807, 2.05) is 6.07 Å². The van der Waals surface area contributed by atoms with Crippen molar-refractivity contribution in [3.8, 4) is 17.2 Å². The van der Waals surface area contributed by atoms with Gasteiger partial charge >= 0.3 is 6.18 Å². The maximum Gasteiger partial charge on any atom is 0.416 e. The number of nitrogens with zero attached hydrogens (tertiary/aromatic N) is 1. The lowest BCUT2D eigenvalue weighted by molar-refractivity contribution is -0.137. The largest absolute Gasteiger partial charge is 0.493 e. The Morgan fingerprint density at radius 3 is 2.39 bits per heavy atom. The molecule has 0 radical (unpaired) electrons. The summed E-state index contributed by atoms with van der Waals surface area (Å²) in [5, 5.41) is 0. The second-order valence-electron chi connectivity index (χ2n) is 6.72. The van der Waals surface area contributed by atoms with Gasteiger partial charge in [0, 0.05) is 19.2 Å². The summed E-state index contributed by atoms with van der Waals surface area (Å²) in [6.45, 7) is 3.85. The summed E-state index contributed by atoms with van der Waals surface area (Å²) in [4.78, 5) is 2.43. The van der Waals surface area contributed by atoms with Crippen molar-refractivity contribution in [3.63, 3.8) is 0 Å². The van der Waals surface area contributed by atoms with Crippen molar-refractivity contribution in [3.05, 3.63) is 66.2 Å². The molecule has 1 heterocycles. The van der Waals surface area contributed by atoms with Crippen molar-refractivity contribution in [2.75, 3.05) is 26.2 Å². The van der Waals surface area contributed by atoms with E-state index in [9.17, 15) is 13.2 Å². The van der Waals surface area contributed by atoms with Crippen LogP contribution in [0, 0.1) is 0 Å². The lowest BCUT2D eigenvalue weighted by Gasteiger charge is -2.22. The molecule has 0 aromatic heterocycles. The lowest BCUT2D eigenvalue weighted by atomic mass is 10.2. The van der Waals surface area contributed by atoms with Gasteiger partial charge in [-0.15, -0.1) is 0 Å². The second-order valence-corrected chi connectivity index (χ2v) is 6.72. The summed E-state index contributed by atoms with van der Waals surface area (Å²) >= 11 is 0. The van der Waals surface area contributed by atoms with Crippen molar-refractivity contribution in [2.45, 2.75) is 25.4 Å². The SMILES string of the molecule is FC(F)(F)c1ccc(Oc2cccc(OCCCCN3CC=CCC3)c2)cc1. The molecule has 0 bridgehead atoms. The highest BCUT2D eigenvalue weighted by atomic mass is 19.4. The Morgan fingerprint density at radius 2 is 1.68 bits per heavy atom. The smallest absolute Gasteiger partial charge is 0.416 e. The van der Waals surface area contributed by atoms with Gasteiger partial charge in [-0.25, -0.2) is 0 Å². The van der Waals surface area contributed by atoms with Crippen LogP contribution in [0.15, 0.2) is 60.7 Å². The van der Waals surface area contributed by atoms with E-state index in [0.717, 1.165) is 51.0 Å². The highest BCUT2D eigenvalue weighted by Crippen LogP contribution is 2.32. The molecule has 6 heteroatoms. The first kappa shape index (κ1) is 20.3. The van der Waals surface area contributed by atoms with Crippen LogP contribution in [0.4, 0.5) is 13.2 Å². The zero-order valence-electron chi connectivity index (χ0n) is 15.6. The topological polar surface area (TPSA) is 21.7 Å².